The Hall–Kier alpha value is -2.31. The van der Waals surface area contributed by atoms with E-state index in [9.17, 15) is 9.59 Å². The number of ether oxygens (including phenoxy) is 1. The molecule has 1 atom stereocenters. The van der Waals surface area contributed by atoms with Gasteiger partial charge in [-0.1, -0.05) is 47.6 Å². The van der Waals surface area contributed by atoms with Crippen LogP contribution in [0.5, 0.6) is 0 Å². The van der Waals surface area contributed by atoms with Crippen molar-refractivity contribution in [2.45, 2.75) is 23.4 Å². The maximum atomic E-state index is 13.0. The Morgan fingerprint density at radius 3 is 2.65 bits per heavy atom. The molecule has 0 aliphatic carbocycles. The third-order valence-electron chi connectivity index (χ3n) is 4.22. The van der Waals surface area contributed by atoms with E-state index in [0.717, 1.165) is 5.56 Å². The summed E-state index contributed by atoms with van der Waals surface area (Å²) in [7, 11) is 0. The topological polar surface area (TPSA) is 61.2 Å². The number of hydrogen-bond donors (Lipinski definition) is 0. The third kappa shape index (κ3) is 3.34. The molecule has 0 amide bonds. The molecule has 26 heavy (non-hydrogen) atoms. The van der Waals surface area contributed by atoms with Crippen molar-refractivity contribution in [3.8, 4) is 0 Å². The molecule has 3 aromatic rings. The SMILES string of the molecule is O=C1OCCC1Sc1nc2ccccc2c(=O)n1Cc1ccc(Cl)cc1. The van der Waals surface area contributed by atoms with E-state index >= 15 is 0 Å². The lowest BCUT2D eigenvalue weighted by Gasteiger charge is -2.14. The Labute approximate surface area is 159 Å². The number of hydrogen-bond acceptors (Lipinski definition) is 5. The molecule has 2 heterocycles. The number of cyclic esters (lactones) is 1. The second kappa shape index (κ2) is 7.13. The average molecular weight is 387 g/mol. The van der Waals surface area contributed by atoms with E-state index in [1.54, 1.807) is 28.8 Å². The first-order valence-electron chi connectivity index (χ1n) is 8.19. The van der Waals surface area contributed by atoms with Crippen LogP contribution >= 0.6 is 23.4 Å². The van der Waals surface area contributed by atoms with Crippen LogP contribution in [-0.4, -0.2) is 27.4 Å². The van der Waals surface area contributed by atoms with Crippen LogP contribution in [0.2, 0.25) is 5.02 Å². The van der Waals surface area contributed by atoms with Crippen molar-refractivity contribution >= 4 is 40.2 Å². The highest BCUT2D eigenvalue weighted by Gasteiger charge is 2.29. The van der Waals surface area contributed by atoms with Gasteiger partial charge in [0.25, 0.3) is 5.56 Å². The molecule has 1 fully saturated rings. The molecule has 1 aliphatic heterocycles. The maximum Gasteiger partial charge on any atom is 0.319 e. The number of halogens is 1. The summed E-state index contributed by atoms with van der Waals surface area (Å²) in [6, 6.07) is 14.6. The van der Waals surface area contributed by atoms with Gasteiger partial charge < -0.3 is 4.74 Å². The summed E-state index contributed by atoms with van der Waals surface area (Å²) in [5.74, 6) is -0.254. The summed E-state index contributed by atoms with van der Waals surface area (Å²) in [5, 5.41) is 1.38. The average Bonchev–Trinajstić information content (AvgIpc) is 3.05. The lowest BCUT2D eigenvalue weighted by molar-refractivity contribution is -0.137. The fraction of sp³-hybridized carbons (Fsp3) is 0.211. The Bertz CT molecular complexity index is 1030. The molecule has 1 unspecified atom stereocenters. The first-order valence-corrected chi connectivity index (χ1v) is 9.45. The molecule has 4 rings (SSSR count). The zero-order valence-corrected chi connectivity index (χ0v) is 15.3. The summed E-state index contributed by atoms with van der Waals surface area (Å²) < 4.78 is 6.65. The smallest absolute Gasteiger partial charge is 0.319 e. The fourth-order valence-electron chi connectivity index (χ4n) is 2.86. The van der Waals surface area contributed by atoms with Crippen molar-refractivity contribution in [3.05, 3.63) is 69.5 Å². The highest BCUT2D eigenvalue weighted by atomic mass is 35.5. The van der Waals surface area contributed by atoms with Gasteiger partial charge in [0, 0.05) is 11.4 Å². The van der Waals surface area contributed by atoms with Gasteiger partial charge in [-0.3, -0.25) is 14.2 Å². The van der Waals surface area contributed by atoms with Crippen LogP contribution in [0.3, 0.4) is 0 Å². The van der Waals surface area contributed by atoms with Crippen molar-refractivity contribution in [1.29, 1.82) is 0 Å². The van der Waals surface area contributed by atoms with Gasteiger partial charge in [-0.05, 0) is 29.8 Å². The Balaban J connectivity index is 1.80. The second-order valence-electron chi connectivity index (χ2n) is 5.99. The van der Waals surface area contributed by atoms with Gasteiger partial charge in [-0.15, -0.1) is 0 Å². The fourth-order valence-corrected chi connectivity index (χ4v) is 4.05. The largest absolute Gasteiger partial charge is 0.465 e. The van der Waals surface area contributed by atoms with E-state index < -0.39 is 0 Å². The van der Waals surface area contributed by atoms with Crippen molar-refractivity contribution < 1.29 is 9.53 Å². The van der Waals surface area contributed by atoms with Gasteiger partial charge in [0.2, 0.25) is 0 Å². The van der Waals surface area contributed by atoms with E-state index in [1.165, 1.54) is 11.8 Å². The minimum absolute atomic E-state index is 0.126. The summed E-state index contributed by atoms with van der Waals surface area (Å²) in [6.07, 6.45) is 0.618. The van der Waals surface area contributed by atoms with Gasteiger partial charge in [-0.25, -0.2) is 4.98 Å². The van der Waals surface area contributed by atoms with Crippen LogP contribution < -0.4 is 5.56 Å². The highest BCUT2D eigenvalue weighted by Crippen LogP contribution is 2.29. The standard InChI is InChI=1S/C19H15ClN2O3S/c20-13-7-5-12(6-8-13)11-22-17(23)14-3-1-2-4-15(14)21-19(22)26-16-9-10-25-18(16)24/h1-8,16H,9-11H2. The number of carbonyl (C=O) groups is 1. The predicted molar refractivity (Wildman–Crippen MR) is 102 cm³/mol. The van der Waals surface area contributed by atoms with Crippen LogP contribution in [0.25, 0.3) is 10.9 Å². The van der Waals surface area contributed by atoms with Crippen molar-refractivity contribution in [2.24, 2.45) is 0 Å². The number of fused-ring (bicyclic) bond motifs is 1. The lowest BCUT2D eigenvalue weighted by atomic mass is 10.2. The molecule has 2 aromatic carbocycles. The monoisotopic (exact) mass is 386 g/mol. The molecule has 1 saturated heterocycles. The van der Waals surface area contributed by atoms with E-state index in [2.05, 4.69) is 4.98 Å². The number of esters is 1. The Kier molecular flexibility index (Phi) is 4.70. The van der Waals surface area contributed by atoms with Crippen LogP contribution in [-0.2, 0) is 16.1 Å². The Morgan fingerprint density at radius 2 is 1.92 bits per heavy atom. The zero-order chi connectivity index (χ0) is 18.1. The second-order valence-corrected chi connectivity index (χ2v) is 7.60. The first kappa shape index (κ1) is 17.1. The molecule has 0 spiro atoms. The minimum atomic E-state index is -0.334. The number of para-hydroxylation sites is 1. The zero-order valence-electron chi connectivity index (χ0n) is 13.7. The van der Waals surface area contributed by atoms with Crippen LogP contribution in [0, 0.1) is 0 Å². The number of aromatic nitrogens is 2. The normalized spacial score (nSPS) is 16.8. The Morgan fingerprint density at radius 1 is 1.15 bits per heavy atom. The number of thioether (sulfide) groups is 1. The number of carbonyl (C=O) groups excluding carboxylic acids is 1. The molecule has 7 heteroatoms. The van der Waals surface area contributed by atoms with Gasteiger partial charge in [0.1, 0.15) is 5.25 Å². The van der Waals surface area contributed by atoms with Crippen LogP contribution in [0.15, 0.2) is 58.5 Å². The van der Waals surface area contributed by atoms with Gasteiger partial charge in [-0.2, -0.15) is 0 Å². The van der Waals surface area contributed by atoms with Crippen LogP contribution in [0.1, 0.15) is 12.0 Å². The van der Waals surface area contributed by atoms with Gasteiger partial charge in [0.15, 0.2) is 5.16 Å². The molecule has 132 valence electrons. The molecule has 1 aromatic heterocycles. The number of benzene rings is 2. The first-order chi connectivity index (χ1) is 12.6. The van der Waals surface area contributed by atoms with Crippen molar-refractivity contribution in [1.82, 2.24) is 9.55 Å². The van der Waals surface area contributed by atoms with E-state index in [1.807, 2.05) is 24.3 Å². The highest BCUT2D eigenvalue weighted by molar-refractivity contribution is 8.00. The molecule has 0 bridgehead atoms. The van der Waals surface area contributed by atoms with Crippen molar-refractivity contribution in [3.63, 3.8) is 0 Å². The van der Waals surface area contributed by atoms with E-state index in [-0.39, 0.29) is 16.8 Å². The molecular weight excluding hydrogens is 372 g/mol. The summed E-state index contributed by atoms with van der Waals surface area (Å²) in [6.45, 7) is 0.767. The van der Waals surface area contributed by atoms with Gasteiger partial charge >= 0.3 is 5.97 Å². The van der Waals surface area contributed by atoms with Crippen molar-refractivity contribution in [2.75, 3.05) is 6.61 Å². The molecule has 0 radical (unpaired) electrons. The third-order valence-corrected chi connectivity index (χ3v) is 5.70. The molecule has 0 saturated carbocycles. The summed E-state index contributed by atoms with van der Waals surface area (Å²) in [5.41, 5.74) is 1.43. The summed E-state index contributed by atoms with van der Waals surface area (Å²) in [4.78, 5) is 29.5. The van der Waals surface area contributed by atoms with Crippen LogP contribution in [0.4, 0.5) is 0 Å². The van der Waals surface area contributed by atoms with Gasteiger partial charge in [0.05, 0.1) is 24.1 Å². The molecular formula is C19H15ClN2O3S. The minimum Gasteiger partial charge on any atom is -0.465 e. The molecule has 1 aliphatic rings. The predicted octanol–water partition coefficient (Wildman–Crippen LogP) is 3.51. The van der Waals surface area contributed by atoms with E-state index in [4.69, 9.17) is 16.3 Å². The number of rotatable bonds is 4. The van der Waals surface area contributed by atoms with E-state index in [0.29, 0.717) is 40.7 Å². The molecule has 5 nitrogen and oxygen atoms in total. The maximum absolute atomic E-state index is 13.0. The number of nitrogens with zero attached hydrogens (tertiary/aromatic N) is 2. The summed E-state index contributed by atoms with van der Waals surface area (Å²) >= 11 is 7.24. The quantitative estimate of drug-likeness (QED) is 0.507. The molecule has 0 N–H and O–H groups in total. The lowest BCUT2D eigenvalue weighted by Crippen LogP contribution is -2.25.